The van der Waals surface area contributed by atoms with E-state index in [1.54, 1.807) is 0 Å². The van der Waals surface area contributed by atoms with Gasteiger partial charge in [0.2, 0.25) is 5.88 Å². The summed E-state index contributed by atoms with van der Waals surface area (Å²) in [6, 6.07) is 1.52. The Morgan fingerprint density at radius 1 is 1.35 bits per heavy atom. The Hall–Kier alpha value is -1.30. The number of hydrogen-bond acceptors (Lipinski definition) is 5. The first-order chi connectivity index (χ1) is 8.13. The van der Waals surface area contributed by atoms with Crippen molar-refractivity contribution in [2.24, 2.45) is 0 Å². The number of esters is 1. The third kappa shape index (κ3) is 3.33. The van der Waals surface area contributed by atoms with Crippen LogP contribution in [-0.2, 0) is 4.74 Å². The third-order valence-electron chi connectivity index (χ3n) is 1.87. The molecule has 1 rings (SSSR count). The Balaban J connectivity index is 3.20. The molecule has 0 aromatic carbocycles. The predicted molar refractivity (Wildman–Crippen MR) is 65.6 cm³/mol. The molecule has 0 aliphatic heterocycles. The molecule has 1 aromatic heterocycles. The molecule has 6 heteroatoms. The molecule has 0 saturated carbocycles. The topological polar surface area (TPSA) is 57.7 Å². The Kier molecular flexibility index (Phi) is 5.21. The fraction of sp³-hybridized carbons (Fsp3) is 0.455. The second-order valence-electron chi connectivity index (χ2n) is 2.98. The van der Waals surface area contributed by atoms with Gasteiger partial charge in [0.15, 0.2) is 5.69 Å². The van der Waals surface area contributed by atoms with E-state index >= 15 is 0 Å². The number of pyridine rings is 1. The van der Waals surface area contributed by atoms with Gasteiger partial charge in [-0.05, 0) is 29.8 Å². The van der Waals surface area contributed by atoms with Gasteiger partial charge in [-0.15, -0.1) is 0 Å². The molecule has 1 aromatic rings. The standard InChI is InChI=1S/C11H14BrNO4/c1-4-16-8-6-7(11(14)15-3)13-10(9(8)12)17-5-2/h6H,4-5H2,1-3H3. The number of methoxy groups -OCH3 is 1. The van der Waals surface area contributed by atoms with Crippen LogP contribution in [0.1, 0.15) is 24.3 Å². The Labute approximate surface area is 108 Å². The summed E-state index contributed by atoms with van der Waals surface area (Å²) in [5, 5.41) is 0. The van der Waals surface area contributed by atoms with E-state index < -0.39 is 5.97 Å². The average Bonchev–Trinajstić information content (AvgIpc) is 2.33. The Morgan fingerprint density at radius 2 is 2.00 bits per heavy atom. The van der Waals surface area contributed by atoms with Gasteiger partial charge in [0.05, 0.1) is 20.3 Å². The quantitative estimate of drug-likeness (QED) is 0.782. The van der Waals surface area contributed by atoms with Crippen LogP contribution in [0.15, 0.2) is 10.5 Å². The highest BCUT2D eigenvalue weighted by Crippen LogP contribution is 2.33. The van der Waals surface area contributed by atoms with E-state index in [4.69, 9.17) is 9.47 Å². The molecule has 17 heavy (non-hydrogen) atoms. The molecular weight excluding hydrogens is 290 g/mol. The summed E-state index contributed by atoms with van der Waals surface area (Å²) in [4.78, 5) is 15.5. The molecule has 0 atom stereocenters. The maximum absolute atomic E-state index is 11.4. The van der Waals surface area contributed by atoms with E-state index in [0.717, 1.165) is 0 Å². The van der Waals surface area contributed by atoms with Crippen LogP contribution in [0.25, 0.3) is 0 Å². The van der Waals surface area contributed by atoms with Gasteiger partial charge in [0, 0.05) is 6.07 Å². The lowest BCUT2D eigenvalue weighted by Gasteiger charge is -2.11. The lowest BCUT2D eigenvalue weighted by molar-refractivity contribution is 0.0592. The molecule has 5 nitrogen and oxygen atoms in total. The van der Waals surface area contributed by atoms with Crippen LogP contribution in [0.5, 0.6) is 11.6 Å². The van der Waals surface area contributed by atoms with E-state index in [1.807, 2.05) is 13.8 Å². The van der Waals surface area contributed by atoms with Crippen LogP contribution in [0.4, 0.5) is 0 Å². The summed E-state index contributed by atoms with van der Waals surface area (Å²) in [6.45, 7) is 4.61. The van der Waals surface area contributed by atoms with E-state index in [-0.39, 0.29) is 5.69 Å². The van der Waals surface area contributed by atoms with Crippen molar-refractivity contribution in [3.05, 3.63) is 16.2 Å². The van der Waals surface area contributed by atoms with Crippen LogP contribution >= 0.6 is 15.9 Å². The third-order valence-corrected chi connectivity index (χ3v) is 2.60. The van der Waals surface area contributed by atoms with E-state index in [2.05, 4.69) is 25.7 Å². The smallest absolute Gasteiger partial charge is 0.356 e. The molecule has 0 radical (unpaired) electrons. The van der Waals surface area contributed by atoms with Crippen molar-refractivity contribution in [2.75, 3.05) is 20.3 Å². The minimum atomic E-state index is -0.528. The first-order valence-electron chi connectivity index (χ1n) is 5.18. The maximum atomic E-state index is 11.4. The number of halogens is 1. The van der Waals surface area contributed by atoms with Crippen LogP contribution in [0, 0.1) is 0 Å². The number of carbonyl (C=O) groups excluding carboxylic acids is 1. The van der Waals surface area contributed by atoms with Crippen molar-refractivity contribution in [2.45, 2.75) is 13.8 Å². The number of carbonyl (C=O) groups is 1. The van der Waals surface area contributed by atoms with Crippen molar-refractivity contribution in [1.82, 2.24) is 4.98 Å². The fourth-order valence-electron chi connectivity index (χ4n) is 1.19. The second kappa shape index (κ2) is 6.44. The normalized spacial score (nSPS) is 9.88. The van der Waals surface area contributed by atoms with E-state index in [0.29, 0.717) is 29.3 Å². The van der Waals surface area contributed by atoms with E-state index in [1.165, 1.54) is 13.2 Å². The van der Waals surface area contributed by atoms with Gasteiger partial charge < -0.3 is 14.2 Å². The summed E-state index contributed by atoms with van der Waals surface area (Å²) in [6.07, 6.45) is 0. The number of hydrogen-bond donors (Lipinski definition) is 0. The molecular formula is C11H14BrNO4. The van der Waals surface area contributed by atoms with Gasteiger partial charge in [0.1, 0.15) is 10.2 Å². The largest absolute Gasteiger partial charge is 0.492 e. The van der Waals surface area contributed by atoms with Crippen molar-refractivity contribution >= 4 is 21.9 Å². The summed E-state index contributed by atoms with van der Waals surface area (Å²) in [5.41, 5.74) is 0.155. The van der Waals surface area contributed by atoms with Gasteiger partial charge in [-0.3, -0.25) is 0 Å². The van der Waals surface area contributed by atoms with Gasteiger partial charge in [0.25, 0.3) is 0 Å². The minimum Gasteiger partial charge on any atom is -0.492 e. The molecule has 0 fully saturated rings. The molecule has 1 heterocycles. The first kappa shape index (κ1) is 13.8. The van der Waals surface area contributed by atoms with Crippen LogP contribution < -0.4 is 9.47 Å². The van der Waals surface area contributed by atoms with E-state index in [9.17, 15) is 4.79 Å². The maximum Gasteiger partial charge on any atom is 0.356 e. The average molecular weight is 304 g/mol. The summed E-state index contributed by atoms with van der Waals surface area (Å²) >= 11 is 3.32. The molecule has 0 aliphatic carbocycles. The van der Waals surface area contributed by atoms with Crippen molar-refractivity contribution in [3.8, 4) is 11.6 Å². The fourth-order valence-corrected chi connectivity index (χ4v) is 1.62. The summed E-state index contributed by atoms with van der Waals surface area (Å²) in [7, 11) is 1.30. The zero-order valence-corrected chi connectivity index (χ0v) is 11.5. The zero-order valence-electron chi connectivity index (χ0n) is 9.95. The molecule has 0 bridgehead atoms. The SMILES string of the molecule is CCOc1cc(C(=O)OC)nc(OCC)c1Br. The van der Waals surface area contributed by atoms with Gasteiger partial charge >= 0.3 is 5.97 Å². The molecule has 0 saturated heterocycles. The lowest BCUT2D eigenvalue weighted by atomic mass is 10.3. The molecule has 0 spiro atoms. The zero-order chi connectivity index (χ0) is 12.8. The lowest BCUT2D eigenvalue weighted by Crippen LogP contribution is -2.08. The highest BCUT2D eigenvalue weighted by atomic mass is 79.9. The number of nitrogens with zero attached hydrogens (tertiary/aromatic N) is 1. The number of aromatic nitrogens is 1. The Morgan fingerprint density at radius 3 is 2.53 bits per heavy atom. The van der Waals surface area contributed by atoms with Gasteiger partial charge in [-0.2, -0.15) is 0 Å². The Bertz CT molecular complexity index is 381. The molecule has 0 amide bonds. The van der Waals surface area contributed by atoms with Crippen molar-refractivity contribution in [3.63, 3.8) is 0 Å². The highest BCUT2D eigenvalue weighted by Gasteiger charge is 2.17. The van der Waals surface area contributed by atoms with Gasteiger partial charge in [-0.25, -0.2) is 9.78 Å². The minimum absolute atomic E-state index is 0.155. The number of rotatable bonds is 5. The first-order valence-corrected chi connectivity index (χ1v) is 5.97. The number of ether oxygens (including phenoxy) is 3. The molecule has 94 valence electrons. The van der Waals surface area contributed by atoms with Crippen molar-refractivity contribution in [1.29, 1.82) is 0 Å². The molecule has 0 N–H and O–H groups in total. The predicted octanol–water partition coefficient (Wildman–Crippen LogP) is 2.43. The summed E-state index contributed by atoms with van der Waals surface area (Å²) in [5.74, 6) is 0.296. The summed E-state index contributed by atoms with van der Waals surface area (Å²) < 4.78 is 15.9. The van der Waals surface area contributed by atoms with Crippen LogP contribution in [-0.4, -0.2) is 31.3 Å². The van der Waals surface area contributed by atoms with Crippen LogP contribution in [0.2, 0.25) is 0 Å². The van der Waals surface area contributed by atoms with Crippen molar-refractivity contribution < 1.29 is 19.0 Å². The molecule has 0 unspecified atom stereocenters. The monoisotopic (exact) mass is 303 g/mol. The second-order valence-corrected chi connectivity index (χ2v) is 3.78. The highest BCUT2D eigenvalue weighted by molar-refractivity contribution is 9.10. The molecule has 0 aliphatic rings. The van der Waals surface area contributed by atoms with Gasteiger partial charge in [-0.1, -0.05) is 0 Å². The van der Waals surface area contributed by atoms with Crippen LogP contribution in [0.3, 0.4) is 0 Å².